The van der Waals surface area contributed by atoms with Crippen LogP contribution in [0, 0.1) is 5.41 Å². The van der Waals surface area contributed by atoms with Crippen molar-refractivity contribution >= 4 is 30.7 Å². The van der Waals surface area contributed by atoms with Crippen molar-refractivity contribution in [3.05, 3.63) is 42.7 Å². The highest BCUT2D eigenvalue weighted by molar-refractivity contribution is 5.85. The third kappa shape index (κ3) is 4.77. The minimum atomic E-state index is 0. The molecule has 7 nitrogen and oxygen atoms in total. The number of pyridine rings is 1. The van der Waals surface area contributed by atoms with Crippen molar-refractivity contribution < 1.29 is 9.53 Å². The highest BCUT2D eigenvalue weighted by Crippen LogP contribution is 2.56. The molecule has 1 aliphatic carbocycles. The first-order chi connectivity index (χ1) is 12.7. The van der Waals surface area contributed by atoms with Crippen LogP contribution in [0.4, 0.5) is 0 Å². The Morgan fingerprint density at radius 1 is 1.36 bits per heavy atom. The van der Waals surface area contributed by atoms with Gasteiger partial charge in [0.15, 0.2) is 6.61 Å². The number of nitrogens with zero attached hydrogens (tertiary/aromatic N) is 4. The van der Waals surface area contributed by atoms with Gasteiger partial charge in [-0.25, -0.2) is 4.98 Å². The number of nitrogens with one attached hydrogen (secondary N) is 1. The second-order valence-corrected chi connectivity index (χ2v) is 7.29. The molecule has 3 heterocycles. The van der Waals surface area contributed by atoms with E-state index in [0.717, 1.165) is 38.2 Å². The molecule has 1 aliphatic heterocycles. The van der Waals surface area contributed by atoms with E-state index < -0.39 is 0 Å². The van der Waals surface area contributed by atoms with E-state index in [1.807, 2.05) is 28.8 Å². The monoisotopic (exact) mass is 427 g/mol. The summed E-state index contributed by atoms with van der Waals surface area (Å²) in [5, 5.41) is 3.42. The predicted molar refractivity (Wildman–Crippen MR) is 111 cm³/mol. The molecule has 1 atom stereocenters. The molecule has 1 unspecified atom stereocenters. The van der Waals surface area contributed by atoms with Gasteiger partial charge in [0, 0.05) is 31.7 Å². The summed E-state index contributed by atoms with van der Waals surface area (Å²) in [6.45, 7) is 2.62. The summed E-state index contributed by atoms with van der Waals surface area (Å²) < 4.78 is 7.63. The van der Waals surface area contributed by atoms with Gasteiger partial charge in [-0.2, -0.15) is 0 Å². The van der Waals surface area contributed by atoms with E-state index in [0.29, 0.717) is 12.3 Å². The van der Waals surface area contributed by atoms with Crippen LogP contribution >= 0.6 is 24.8 Å². The SMILES string of the molecule is Cl.Cl.Cn1ccnc1CN(C(=O)COc1cccnc1)C1CC12CCNCC2. The number of carbonyl (C=O) groups is 1. The molecule has 1 spiro atoms. The third-order valence-electron chi connectivity index (χ3n) is 5.67. The van der Waals surface area contributed by atoms with Gasteiger partial charge in [0.05, 0.1) is 12.7 Å². The van der Waals surface area contributed by atoms with E-state index in [1.165, 1.54) is 0 Å². The topological polar surface area (TPSA) is 72.3 Å². The Balaban J connectivity index is 0.00000140. The Morgan fingerprint density at radius 2 is 2.14 bits per heavy atom. The van der Waals surface area contributed by atoms with E-state index in [9.17, 15) is 4.79 Å². The van der Waals surface area contributed by atoms with Crippen molar-refractivity contribution in [2.75, 3.05) is 19.7 Å². The maximum atomic E-state index is 13.0. The number of amides is 1. The molecular weight excluding hydrogens is 401 g/mol. The Bertz CT molecular complexity index is 765. The van der Waals surface area contributed by atoms with Crippen molar-refractivity contribution in [3.8, 4) is 5.75 Å². The fourth-order valence-electron chi connectivity index (χ4n) is 3.96. The second kappa shape index (κ2) is 9.58. The molecular formula is C19H27Cl2N5O2. The zero-order chi connectivity index (χ0) is 18.0. The average Bonchev–Trinajstić information content (AvgIpc) is 3.18. The van der Waals surface area contributed by atoms with Crippen molar-refractivity contribution in [1.29, 1.82) is 0 Å². The molecule has 0 radical (unpaired) electrons. The van der Waals surface area contributed by atoms with Crippen LogP contribution < -0.4 is 10.1 Å². The fraction of sp³-hybridized carbons (Fsp3) is 0.526. The highest BCUT2D eigenvalue weighted by atomic mass is 35.5. The van der Waals surface area contributed by atoms with Gasteiger partial charge in [-0.05, 0) is 49.9 Å². The summed E-state index contributed by atoms with van der Waals surface area (Å²) in [5.41, 5.74) is 0.278. The number of carbonyl (C=O) groups excluding carboxylic acids is 1. The molecule has 0 bridgehead atoms. The van der Waals surface area contributed by atoms with E-state index in [2.05, 4.69) is 15.3 Å². The standard InChI is InChI=1S/C19H25N5O2.2ClH/c1-23-10-9-22-17(23)13-24(16-11-19(16)4-7-20-8-5-19)18(25)14-26-15-3-2-6-21-12-15;;/h2-3,6,9-10,12,16,20H,4-5,7-8,11,13-14H2,1H3;2*1H. The number of piperidine rings is 1. The van der Waals surface area contributed by atoms with Crippen molar-refractivity contribution in [1.82, 2.24) is 24.8 Å². The third-order valence-corrected chi connectivity index (χ3v) is 5.67. The molecule has 2 fully saturated rings. The Labute approximate surface area is 177 Å². The fourth-order valence-corrected chi connectivity index (χ4v) is 3.96. The lowest BCUT2D eigenvalue weighted by Crippen LogP contribution is -2.41. The second-order valence-electron chi connectivity index (χ2n) is 7.29. The highest BCUT2D eigenvalue weighted by Gasteiger charge is 2.57. The summed E-state index contributed by atoms with van der Waals surface area (Å²) in [7, 11) is 1.96. The minimum Gasteiger partial charge on any atom is -0.482 e. The smallest absolute Gasteiger partial charge is 0.261 e. The molecule has 28 heavy (non-hydrogen) atoms. The first-order valence-electron chi connectivity index (χ1n) is 9.17. The zero-order valence-corrected chi connectivity index (χ0v) is 17.5. The summed E-state index contributed by atoms with van der Waals surface area (Å²) >= 11 is 0. The Morgan fingerprint density at radius 3 is 2.79 bits per heavy atom. The van der Waals surface area contributed by atoms with E-state index in [-0.39, 0.29) is 48.8 Å². The molecule has 0 aromatic carbocycles. The van der Waals surface area contributed by atoms with Gasteiger partial charge in [-0.1, -0.05) is 0 Å². The molecule has 154 valence electrons. The molecule has 1 N–H and O–H groups in total. The molecule has 2 aromatic rings. The summed E-state index contributed by atoms with van der Waals surface area (Å²) in [5.74, 6) is 1.53. The van der Waals surface area contributed by atoms with Crippen LogP contribution in [0.3, 0.4) is 0 Å². The minimum absolute atomic E-state index is 0. The summed E-state index contributed by atoms with van der Waals surface area (Å²) in [6, 6.07) is 3.90. The van der Waals surface area contributed by atoms with Crippen LogP contribution in [0.2, 0.25) is 0 Å². The van der Waals surface area contributed by atoms with Gasteiger partial charge in [-0.3, -0.25) is 9.78 Å². The number of hydrogen-bond donors (Lipinski definition) is 1. The number of ether oxygens (including phenoxy) is 1. The largest absolute Gasteiger partial charge is 0.482 e. The van der Waals surface area contributed by atoms with Gasteiger partial charge in [0.1, 0.15) is 11.6 Å². The van der Waals surface area contributed by atoms with E-state index >= 15 is 0 Å². The predicted octanol–water partition coefficient (Wildman–Crippen LogP) is 2.21. The van der Waals surface area contributed by atoms with Crippen LogP contribution in [0.1, 0.15) is 25.1 Å². The molecule has 4 rings (SSSR count). The van der Waals surface area contributed by atoms with Gasteiger partial charge in [0.25, 0.3) is 5.91 Å². The Kier molecular flexibility index (Phi) is 7.69. The van der Waals surface area contributed by atoms with E-state index in [4.69, 9.17) is 4.74 Å². The molecule has 1 saturated heterocycles. The van der Waals surface area contributed by atoms with Gasteiger partial charge < -0.3 is 19.5 Å². The van der Waals surface area contributed by atoms with Crippen LogP contribution in [0.5, 0.6) is 5.75 Å². The van der Waals surface area contributed by atoms with Crippen LogP contribution in [0.15, 0.2) is 36.9 Å². The molecule has 1 saturated carbocycles. The van der Waals surface area contributed by atoms with Gasteiger partial charge >= 0.3 is 0 Å². The van der Waals surface area contributed by atoms with Crippen LogP contribution in [0.25, 0.3) is 0 Å². The lowest BCUT2D eigenvalue weighted by atomic mass is 9.93. The van der Waals surface area contributed by atoms with Crippen LogP contribution in [-0.2, 0) is 18.4 Å². The van der Waals surface area contributed by atoms with Crippen molar-refractivity contribution in [2.45, 2.75) is 31.8 Å². The molecule has 9 heteroatoms. The van der Waals surface area contributed by atoms with Gasteiger partial charge in [0.2, 0.25) is 0 Å². The molecule has 2 aliphatic rings. The Hall–Kier alpha value is -1.83. The maximum Gasteiger partial charge on any atom is 0.261 e. The van der Waals surface area contributed by atoms with Crippen molar-refractivity contribution in [2.24, 2.45) is 12.5 Å². The number of hydrogen-bond acceptors (Lipinski definition) is 5. The molecule has 1 amide bonds. The molecule has 2 aromatic heterocycles. The van der Waals surface area contributed by atoms with Gasteiger partial charge in [-0.15, -0.1) is 24.8 Å². The normalized spacial score (nSPS) is 19.2. The van der Waals surface area contributed by atoms with Crippen molar-refractivity contribution in [3.63, 3.8) is 0 Å². The first-order valence-corrected chi connectivity index (χ1v) is 9.17. The lowest BCUT2D eigenvalue weighted by molar-refractivity contribution is -0.135. The van der Waals surface area contributed by atoms with E-state index in [1.54, 1.807) is 24.7 Å². The number of aromatic nitrogens is 3. The summed E-state index contributed by atoms with van der Waals surface area (Å²) in [4.78, 5) is 23.4. The maximum absolute atomic E-state index is 13.0. The summed E-state index contributed by atoms with van der Waals surface area (Å²) in [6.07, 6.45) is 10.3. The average molecular weight is 428 g/mol. The first kappa shape index (κ1) is 22.5. The number of rotatable bonds is 6. The quantitative estimate of drug-likeness (QED) is 0.764. The zero-order valence-electron chi connectivity index (χ0n) is 15.9. The number of aryl methyl sites for hydroxylation is 1. The lowest BCUT2D eigenvalue weighted by Gasteiger charge is -2.29. The number of halogens is 2. The van der Waals surface area contributed by atoms with Crippen LogP contribution in [-0.4, -0.2) is 51.1 Å². The number of imidazole rings is 1.